The van der Waals surface area contributed by atoms with Gasteiger partial charge in [0.05, 0.1) is 12.3 Å². The number of rotatable bonds is 6. The van der Waals surface area contributed by atoms with Crippen LogP contribution >= 0.6 is 0 Å². The van der Waals surface area contributed by atoms with E-state index >= 15 is 0 Å². The van der Waals surface area contributed by atoms with Crippen molar-refractivity contribution in [3.05, 3.63) is 89.1 Å². The summed E-state index contributed by atoms with van der Waals surface area (Å²) < 4.78 is 26.9. The molecule has 5 rings (SSSR count). The molecular weight excluding hydrogens is 413 g/mol. The topological polar surface area (TPSA) is 87.5 Å². The Kier molecular flexibility index (Phi) is 4.98. The molecule has 0 fully saturated rings. The van der Waals surface area contributed by atoms with E-state index in [1.807, 2.05) is 31.2 Å². The number of hydrogen-bond acceptors (Lipinski definition) is 6. The van der Waals surface area contributed by atoms with Gasteiger partial charge in [-0.1, -0.05) is 5.16 Å². The second-order valence-corrected chi connectivity index (χ2v) is 7.07. The number of nitrogens with zero attached hydrogens (tertiary/aromatic N) is 5. The van der Waals surface area contributed by atoms with Crippen molar-refractivity contribution in [1.82, 2.24) is 24.3 Å². The average molecular weight is 431 g/mol. The van der Waals surface area contributed by atoms with Gasteiger partial charge in [-0.2, -0.15) is 10.1 Å². The lowest BCUT2D eigenvalue weighted by Gasteiger charge is -2.02. The summed E-state index contributed by atoms with van der Waals surface area (Å²) in [6.45, 7) is 2.63. The minimum atomic E-state index is -0.345. The van der Waals surface area contributed by atoms with Crippen molar-refractivity contribution in [1.29, 1.82) is 0 Å². The van der Waals surface area contributed by atoms with Gasteiger partial charge < -0.3 is 13.8 Å². The highest BCUT2D eigenvalue weighted by molar-refractivity contribution is 5.66. The van der Waals surface area contributed by atoms with Gasteiger partial charge in [-0.3, -0.25) is 4.79 Å². The number of aromatic nitrogens is 5. The summed E-state index contributed by atoms with van der Waals surface area (Å²) in [5.41, 5.74) is 2.37. The van der Waals surface area contributed by atoms with Crippen LogP contribution in [-0.4, -0.2) is 30.9 Å². The van der Waals surface area contributed by atoms with Crippen LogP contribution in [0.25, 0.3) is 28.2 Å². The third-order valence-corrected chi connectivity index (χ3v) is 4.94. The first-order valence-corrected chi connectivity index (χ1v) is 10.0. The summed E-state index contributed by atoms with van der Waals surface area (Å²) in [4.78, 5) is 17.3. The fraction of sp³-hybridized carbons (Fsp3) is 0.130. The molecule has 0 aliphatic heterocycles. The average Bonchev–Trinajstić information content (AvgIpc) is 3.45. The summed E-state index contributed by atoms with van der Waals surface area (Å²) in [5.74, 6) is 1.03. The fourth-order valence-corrected chi connectivity index (χ4v) is 3.36. The van der Waals surface area contributed by atoms with Crippen LogP contribution in [0.15, 0.2) is 76.3 Å². The molecule has 3 heterocycles. The van der Waals surface area contributed by atoms with Crippen molar-refractivity contribution < 1.29 is 13.7 Å². The summed E-state index contributed by atoms with van der Waals surface area (Å²) >= 11 is 0. The Morgan fingerprint density at radius 3 is 2.53 bits per heavy atom. The predicted octanol–water partition coefficient (Wildman–Crippen LogP) is 3.80. The third-order valence-electron chi connectivity index (χ3n) is 4.94. The normalized spacial score (nSPS) is 11.2. The van der Waals surface area contributed by atoms with E-state index < -0.39 is 0 Å². The maximum Gasteiger partial charge on any atom is 0.277 e. The van der Waals surface area contributed by atoms with E-state index in [1.165, 1.54) is 16.7 Å². The molecule has 0 radical (unpaired) electrons. The van der Waals surface area contributed by atoms with Crippen molar-refractivity contribution in [2.45, 2.75) is 13.5 Å². The number of ether oxygens (including phenoxy) is 1. The molecule has 0 saturated carbocycles. The van der Waals surface area contributed by atoms with E-state index in [-0.39, 0.29) is 23.8 Å². The predicted molar refractivity (Wildman–Crippen MR) is 115 cm³/mol. The van der Waals surface area contributed by atoms with E-state index in [4.69, 9.17) is 9.26 Å². The minimum Gasteiger partial charge on any atom is -0.494 e. The highest BCUT2D eigenvalue weighted by atomic mass is 19.1. The maximum atomic E-state index is 13.1. The summed E-state index contributed by atoms with van der Waals surface area (Å²) in [5, 5.41) is 8.42. The summed E-state index contributed by atoms with van der Waals surface area (Å²) in [6, 6.07) is 15.1. The van der Waals surface area contributed by atoms with Gasteiger partial charge >= 0.3 is 0 Å². The lowest BCUT2D eigenvalue weighted by Crippen LogP contribution is -2.21. The molecule has 0 unspecified atom stereocenters. The molecule has 0 amide bonds. The zero-order valence-electron chi connectivity index (χ0n) is 17.1. The minimum absolute atomic E-state index is 0.104. The van der Waals surface area contributed by atoms with Gasteiger partial charge in [0.1, 0.15) is 23.6 Å². The van der Waals surface area contributed by atoms with Crippen molar-refractivity contribution in [2.24, 2.45) is 0 Å². The molecule has 5 aromatic rings. The largest absolute Gasteiger partial charge is 0.494 e. The number of halogens is 1. The first-order chi connectivity index (χ1) is 15.6. The van der Waals surface area contributed by atoms with Crippen LogP contribution < -0.4 is 10.3 Å². The van der Waals surface area contributed by atoms with Crippen LogP contribution in [0, 0.1) is 5.82 Å². The standard InChI is InChI=1S/C23H18FN5O3/c1-2-31-18-9-5-15(6-10-18)19-13-20-23(30)28(11-12-29(20)26-19)14-21-25-22(27-32-21)16-3-7-17(24)8-4-16/h3-13H,2,14H2,1H3. The number of fused-ring (bicyclic) bond motifs is 1. The van der Waals surface area contributed by atoms with E-state index in [9.17, 15) is 9.18 Å². The molecule has 3 aromatic heterocycles. The number of hydrogen-bond donors (Lipinski definition) is 0. The van der Waals surface area contributed by atoms with Crippen LogP contribution in [-0.2, 0) is 6.54 Å². The summed E-state index contributed by atoms with van der Waals surface area (Å²) in [6.07, 6.45) is 3.32. The van der Waals surface area contributed by atoms with Crippen molar-refractivity contribution in [2.75, 3.05) is 6.61 Å². The van der Waals surface area contributed by atoms with Crippen LogP contribution in [0.1, 0.15) is 12.8 Å². The van der Waals surface area contributed by atoms with Gasteiger partial charge in [0.15, 0.2) is 0 Å². The smallest absolute Gasteiger partial charge is 0.277 e. The van der Waals surface area contributed by atoms with E-state index in [0.717, 1.165) is 11.3 Å². The van der Waals surface area contributed by atoms with Crippen LogP contribution in [0.4, 0.5) is 4.39 Å². The second kappa shape index (κ2) is 8.10. The molecule has 0 bridgehead atoms. The first-order valence-electron chi connectivity index (χ1n) is 10.0. The lowest BCUT2D eigenvalue weighted by molar-refractivity contribution is 0.340. The molecule has 0 aliphatic rings. The van der Waals surface area contributed by atoms with Crippen molar-refractivity contribution in [3.8, 4) is 28.4 Å². The molecule has 32 heavy (non-hydrogen) atoms. The van der Waals surface area contributed by atoms with Crippen LogP contribution in [0.5, 0.6) is 5.75 Å². The van der Waals surface area contributed by atoms with E-state index in [0.29, 0.717) is 29.2 Å². The second-order valence-electron chi connectivity index (χ2n) is 7.07. The monoisotopic (exact) mass is 431 g/mol. The molecule has 0 saturated heterocycles. The fourth-order valence-electron chi connectivity index (χ4n) is 3.36. The Labute approximate surface area is 181 Å². The Balaban J connectivity index is 1.41. The Morgan fingerprint density at radius 2 is 1.78 bits per heavy atom. The molecule has 0 N–H and O–H groups in total. The highest BCUT2D eigenvalue weighted by Crippen LogP contribution is 2.22. The lowest BCUT2D eigenvalue weighted by atomic mass is 10.1. The Bertz CT molecular complexity index is 1440. The number of benzene rings is 2. The molecule has 0 atom stereocenters. The summed E-state index contributed by atoms with van der Waals surface area (Å²) in [7, 11) is 0. The molecule has 0 spiro atoms. The van der Waals surface area contributed by atoms with Gasteiger partial charge in [-0.15, -0.1) is 0 Å². The van der Waals surface area contributed by atoms with E-state index in [2.05, 4.69) is 15.2 Å². The van der Waals surface area contributed by atoms with Crippen LogP contribution in [0.2, 0.25) is 0 Å². The molecule has 160 valence electrons. The van der Waals surface area contributed by atoms with Gasteiger partial charge in [0.2, 0.25) is 11.7 Å². The zero-order chi connectivity index (χ0) is 22.1. The third kappa shape index (κ3) is 3.76. The van der Waals surface area contributed by atoms with Crippen molar-refractivity contribution >= 4 is 5.52 Å². The van der Waals surface area contributed by atoms with Gasteiger partial charge in [-0.05, 0) is 61.5 Å². The maximum absolute atomic E-state index is 13.1. The van der Waals surface area contributed by atoms with E-state index in [1.54, 1.807) is 35.1 Å². The molecule has 2 aromatic carbocycles. The van der Waals surface area contributed by atoms with Gasteiger partial charge in [-0.25, -0.2) is 8.91 Å². The SMILES string of the molecule is CCOc1ccc(-c2cc3c(=O)n(Cc4nc(-c5ccc(F)cc5)no4)ccn3n2)cc1. The van der Waals surface area contributed by atoms with Crippen molar-refractivity contribution in [3.63, 3.8) is 0 Å². The van der Waals surface area contributed by atoms with Gasteiger partial charge in [0.25, 0.3) is 5.56 Å². The quantitative estimate of drug-likeness (QED) is 0.406. The molecule has 9 heteroatoms. The molecule has 0 aliphatic carbocycles. The zero-order valence-corrected chi connectivity index (χ0v) is 17.1. The van der Waals surface area contributed by atoms with Crippen LogP contribution in [0.3, 0.4) is 0 Å². The molecule has 8 nitrogen and oxygen atoms in total. The highest BCUT2D eigenvalue weighted by Gasteiger charge is 2.13. The molecular formula is C23H18FN5O3. The Morgan fingerprint density at radius 1 is 1.03 bits per heavy atom. The van der Waals surface area contributed by atoms with Gasteiger partial charge in [0, 0.05) is 23.5 Å². The first kappa shape index (κ1) is 19.7. The Hall–Kier alpha value is -4.27.